The number of nitrogens with one attached hydrogen (secondary N) is 1. The molecular weight excluding hydrogens is 383 g/mol. The van der Waals surface area contributed by atoms with Crippen LogP contribution in [0.5, 0.6) is 5.75 Å². The van der Waals surface area contributed by atoms with Gasteiger partial charge in [-0.25, -0.2) is 4.39 Å². The molecular formula is C20H17FN2O4S. The zero-order chi connectivity index (χ0) is 20.3. The first-order chi connectivity index (χ1) is 13.4. The Morgan fingerprint density at radius 1 is 1.21 bits per heavy atom. The van der Waals surface area contributed by atoms with Gasteiger partial charge in [0, 0.05) is 13.1 Å². The standard InChI is InChI=1S/C20H17FN2O4S/c1-12-3-2-4-15(17(12)24)18(25)22-9-10-23-19(26)16(28-20(23)27)11-13-5-7-14(21)8-6-13/h2-8,11,24H,9-10H2,1H3,(H,22,25)/b16-11-. The summed E-state index contributed by atoms with van der Waals surface area (Å²) in [6, 6.07) is 10.4. The maximum atomic E-state index is 13.0. The Balaban J connectivity index is 1.61. The van der Waals surface area contributed by atoms with Gasteiger partial charge in [-0.05, 0) is 54.1 Å². The van der Waals surface area contributed by atoms with E-state index in [9.17, 15) is 23.9 Å². The normalized spacial score (nSPS) is 15.4. The molecule has 0 saturated carbocycles. The maximum absolute atomic E-state index is 13.0. The molecule has 2 aromatic carbocycles. The molecule has 8 heteroatoms. The highest BCUT2D eigenvalue weighted by atomic mass is 32.2. The minimum atomic E-state index is -0.491. The summed E-state index contributed by atoms with van der Waals surface area (Å²) in [4.78, 5) is 38.0. The van der Waals surface area contributed by atoms with Crippen LogP contribution in [0.4, 0.5) is 9.18 Å². The monoisotopic (exact) mass is 400 g/mol. The number of phenolic OH excluding ortho intramolecular Hbond substituents is 1. The highest BCUT2D eigenvalue weighted by Gasteiger charge is 2.34. The molecule has 0 aromatic heterocycles. The van der Waals surface area contributed by atoms with Gasteiger partial charge in [0.2, 0.25) is 0 Å². The van der Waals surface area contributed by atoms with Crippen LogP contribution in [0.15, 0.2) is 47.4 Å². The fourth-order valence-electron chi connectivity index (χ4n) is 2.62. The minimum Gasteiger partial charge on any atom is -0.507 e. The van der Waals surface area contributed by atoms with Crippen molar-refractivity contribution < 1.29 is 23.9 Å². The summed E-state index contributed by atoms with van der Waals surface area (Å²) in [5.41, 5.74) is 1.31. The van der Waals surface area contributed by atoms with Crippen LogP contribution in [0.2, 0.25) is 0 Å². The highest BCUT2D eigenvalue weighted by molar-refractivity contribution is 8.18. The second-order valence-corrected chi connectivity index (χ2v) is 7.11. The summed E-state index contributed by atoms with van der Waals surface area (Å²) in [5.74, 6) is -1.45. The van der Waals surface area contributed by atoms with Crippen molar-refractivity contribution in [2.24, 2.45) is 0 Å². The predicted molar refractivity (Wildman–Crippen MR) is 104 cm³/mol. The number of carbonyl (C=O) groups excluding carboxylic acids is 3. The van der Waals surface area contributed by atoms with Crippen LogP contribution >= 0.6 is 11.8 Å². The number of carbonyl (C=O) groups is 3. The summed E-state index contributed by atoms with van der Waals surface area (Å²) in [5, 5.41) is 12.1. The van der Waals surface area contributed by atoms with Crippen LogP contribution in [0.1, 0.15) is 21.5 Å². The number of para-hydroxylation sites is 1. The van der Waals surface area contributed by atoms with E-state index in [2.05, 4.69) is 5.32 Å². The summed E-state index contributed by atoms with van der Waals surface area (Å²) in [6.07, 6.45) is 1.52. The molecule has 3 amide bonds. The number of thioether (sulfide) groups is 1. The topological polar surface area (TPSA) is 86.7 Å². The lowest BCUT2D eigenvalue weighted by molar-refractivity contribution is -0.122. The second kappa shape index (κ2) is 8.26. The van der Waals surface area contributed by atoms with Crippen LogP contribution in [0, 0.1) is 12.7 Å². The molecule has 0 radical (unpaired) electrons. The van der Waals surface area contributed by atoms with Crippen molar-refractivity contribution in [3.8, 4) is 5.75 Å². The number of aromatic hydroxyl groups is 1. The largest absolute Gasteiger partial charge is 0.507 e. The molecule has 2 N–H and O–H groups in total. The Kier molecular flexibility index (Phi) is 5.79. The van der Waals surface area contributed by atoms with E-state index in [0.29, 0.717) is 11.1 Å². The van der Waals surface area contributed by atoms with E-state index in [1.807, 2.05) is 0 Å². The molecule has 2 aromatic rings. The molecule has 1 fully saturated rings. The first-order valence-corrected chi connectivity index (χ1v) is 9.26. The third-order valence-electron chi connectivity index (χ3n) is 4.14. The molecule has 1 saturated heterocycles. The molecule has 1 heterocycles. The van der Waals surface area contributed by atoms with Gasteiger partial charge in [0.05, 0.1) is 10.5 Å². The van der Waals surface area contributed by atoms with E-state index in [1.54, 1.807) is 19.1 Å². The molecule has 0 bridgehead atoms. The summed E-state index contributed by atoms with van der Waals surface area (Å²) >= 11 is 0.793. The second-order valence-electron chi connectivity index (χ2n) is 6.11. The van der Waals surface area contributed by atoms with Gasteiger partial charge in [-0.15, -0.1) is 0 Å². The average molecular weight is 400 g/mol. The summed E-state index contributed by atoms with van der Waals surface area (Å²) < 4.78 is 13.0. The van der Waals surface area contributed by atoms with Gasteiger partial charge >= 0.3 is 0 Å². The molecule has 0 unspecified atom stereocenters. The summed E-state index contributed by atoms with van der Waals surface area (Å²) in [6.45, 7) is 1.73. The Morgan fingerprint density at radius 2 is 1.93 bits per heavy atom. The average Bonchev–Trinajstić information content (AvgIpc) is 2.93. The predicted octanol–water partition coefficient (Wildman–Crippen LogP) is 3.31. The molecule has 0 spiro atoms. The van der Waals surface area contributed by atoms with E-state index in [-0.39, 0.29) is 35.1 Å². The number of hydrogen-bond acceptors (Lipinski definition) is 5. The van der Waals surface area contributed by atoms with E-state index in [1.165, 1.54) is 36.4 Å². The number of imide groups is 1. The molecule has 6 nitrogen and oxygen atoms in total. The van der Waals surface area contributed by atoms with Gasteiger partial charge in [-0.3, -0.25) is 19.3 Å². The first kappa shape index (κ1) is 19.6. The van der Waals surface area contributed by atoms with Crippen molar-refractivity contribution in [3.05, 3.63) is 69.9 Å². The van der Waals surface area contributed by atoms with Crippen molar-refractivity contribution >= 4 is 34.9 Å². The molecule has 1 aliphatic rings. The number of nitrogens with zero attached hydrogens (tertiary/aromatic N) is 1. The number of aryl methyl sites for hydroxylation is 1. The fourth-order valence-corrected chi connectivity index (χ4v) is 3.49. The highest BCUT2D eigenvalue weighted by Crippen LogP contribution is 2.32. The molecule has 1 aliphatic heterocycles. The third kappa shape index (κ3) is 4.23. The van der Waals surface area contributed by atoms with Crippen LogP contribution in [-0.4, -0.2) is 40.1 Å². The molecule has 0 aliphatic carbocycles. The van der Waals surface area contributed by atoms with Gasteiger partial charge in [0.15, 0.2) is 0 Å². The minimum absolute atomic E-state index is 0.00371. The van der Waals surface area contributed by atoms with E-state index < -0.39 is 17.1 Å². The quantitative estimate of drug-likeness (QED) is 0.752. The Hall–Kier alpha value is -3.13. The van der Waals surface area contributed by atoms with Crippen LogP contribution in [0.25, 0.3) is 6.08 Å². The van der Waals surface area contributed by atoms with Crippen molar-refractivity contribution in [1.29, 1.82) is 0 Å². The molecule has 0 atom stereocenters. The van der Waals surface area contributed by atoms with E-state index >= 15 is 0 Å². The lowest BCUT2D eigenvalue weighted by Gasteiger charge is -2.13. The Labute approximate surface area is 165 Å². The summed E-state index contributed by atoms with van der Waals surface area (Å²) in [7, 11) is 0. The number of halogens is 1. The fraction of sp³-hybridized carbons (Fsp3) is 0.150. The van der Waals surface area contributed by atoms with Gasteiger partial charge in [-0.2, -0.15) is 0 Å². The van der Waals surface area contributed by atoms with Gasteiger partial charge < -0.3 is 10.4 Å². The number of hydrogen-bond donors (Lipinski definition) is 2. The number of benzene rings is 2. The molecule has 3 rings (SSSR count). The number of phenols is 1. The molecule has 144 valence electrons. The Bertz CT molecular complexity index is 973. The zero-order valence-corrected chi connectivity index (χ0v) is 15.8. The van der Waals surface area contributed by atoms with Crippen LogP contribution in [-0.2, 0) is 4.79 Å². The van der Waals surface area contributed by atoms with Crippen LogP contribution < -0.4 is 5.32 Å². The van der Waals surface area contributed by atoms with E-state index in [4.69, 9.17) is 0 Å². The van der Waals surface area contributed by atoms with Crippen LogP contribution in [0.3, 0.4) is 0 Å². The number of rotatable bonds is 5. The van der Waals surface area contributed by atoms with Crippen molar-refractivity contribution in [3.63, 3.8) is 0 Å². The number of amides is 3. The van der Waals surface area contributed by atoms with Gasteiger partial charge in [-0.1, -0.05) is 24.3 Å². The SMILES string of the molecule is Cc1cccc(C(=O)NCCN2C(=O)S/C(=C\c3ccc(F)cc3)C2=O)c1O. The lowest BCUT2D eigenvalue weighted by atomic mass is 10.1. The van der Waals surface area contributed by atoms with Crippen molar-refractivity contribution in [1.82, 2.24) is 10.2 Å². The van der Waals surface area contributed by atoms with Gasteiger partial charge in [0.1, 0.15) is 11.6 Å². The smallest absolute Gasteiger partial charge is 0.293 e. The van der Waals surface area contributed by atoms with Gasteiger partial charge in [0.25, 0.3) is 17.1 Å². The van der Waals surface area contributed by atoms with Crippen molar-refractivity contribution in [2.75, 3.05) is 13.1 Å². The Morgan fingerprint density at radius 3 is 2.64 bits per heavy atom. The maximum Gasteiger partial charge on any atom is 0.293 e. The van der Waals surface area contributed by atoms with E-state index in [0.717, 1.165) is 16.7 Å². The third-order valence-corrected chi connectivity index (χ3v) is 5.05. The lowest BCUT2D eigenvalue weighted by Crippen LogP contribution is -2.37. The molecule has 28 heavy (non-hydrogen) atoms. The zero-order valence-electron chi connectivity index (χ0n) is 14.9. The van der Waals surface area contributed by atoms with Crippen molar-refractivity contribution in [2.45, 2.75) is 6.92 Å². The first-order valence-electron chi connectivity index (χ1n) is 8.44.